The summed E-state index contributed by atoms with van der Waals surface area (Å²) in [5, 5.41) is 0. The number of para-hydroxylation sites is 1. The molecular weight excluding hydrogens is 354 g/mol. The molecule has 4 rings (SSSR count). The standard InChI is InChI=1S/C21H19N5O2/c1-25(16-11-7-4-8-12-16)18(27)14-26-20-17(23-21(26)28-2)13-22-19(24-20)15-9-5-3-6-10-15/h3-13H,14H2,1-2H3. The molecule has 140 valence electrons. The zero-order valence-electron chi connectivity index (χ0n) is 15.6. The van der Waals surface area contributed by atoms with Crippen LogP contribution in [0.1, 0.15) is 0 Å². The summed E-state index contributed by atoms with van der Waals surface area (Å²) < 4.78 is 7.05. The van der Waals surface area contributed by atoms with Gasteiger partial charge in [0.05, 0.1) is 13.3 Å². The number of methoxy groups -OCH3 is 1. The molecule has 0 saturated heterocycles. The van der Waals surface area contributed by atoms with Crippen LogP contribution in [0.15, 0.2) is 66.9 Å². The highest BCUT2D eigenvalue weighted by Gasteiger charge is 2.19. The highest BCUT2D eigenvalue weighted by Crippen LogP contribution is 2.23. The average Bonchev–Trinajstić information content (AvgIpc) is 3.11. The van der Waals surface area contributed by atoms with Gasteiger partial charge < -0.3 is 9.64 Å². The van der Waals surface area contributed by atoms with E-state index in [1.165, 1.54) is 7.11 Å². The Morgan fingerprint density at radius 2 is 1.71 bits per heavy atom. The van der Waals surface area contributed by atoms with Crippen LogP contribution in [0.3, 0.4) is 0 Å². The Balaban J connectivity index is 1.72. The number of nitrogens with zero attached hydrogens (tertiary/aromatic N) is 5. The van der Waals surface area contributed by atoms with Crippen LogP contribution in [0.2, 0.25) is 0 Å². The summed E-state index contributed by atoms with van der Waals surface area (Å²) in [7, 11) is 3.27. The van der Waals surface area contributed by atoms with Gasteiger partial charge in [-0.15, -0.1) is 0 Å². The van der Waals surface area contributed by atoms with Crippen molar-refractivity contribution in [3.8, 4) is 17.4 Å². The van der Waals surface area contributed by atoms with Gasteiger partial charge in [-0.2, -0.15) is 4.98 Å². The molecule has 0 N–H and O–H groups in total. The second kappa shape index (κ2) is 7.48. The minimum Gasteiger partial charge on any atom is -0.468 e. The SMILES string of the molecule is COc1nc2cnc(-c3ccccc3)nc2n1CC(=O)N(C)c1ccccc1. The molecule has 0 aliphatic heterocycles. The lowest BCUT2D eigenvalue weighted by molar-refractivity contribution is -0.118. The number of rotatable bonds is 5. The van der Waals surface area contributed by atoms with Crippen molar-refractivity contribution in [2.75, 3.05) is 19.1 Å². The first-order valence-corrected chi connectivity index (χ1v) is 8.81. The van der Waals surface area contributed by atoms with Crippen LogP contribution in [-0.4, -0.2) is 39.6 Å². The fourth-order valence-electron chi connectivity index (χ4n) is 2.96. The van der Waals surface area contributed by atoms with Crippen LogP contribution >= 0.6 is 0 Å². The molecule has 1 amide bonds. The molecule has 0 aliphatic carbocycles. The highest BCUT2D eigenvalue weighted by atomic mass is 16.5. The molecule has 7 nitrogen and oxygen atoms in total. The van der Waals surface area contributed by atoms with E-state index in [0.717, 1.165) is 11.3 Å². The van der Waals surface area contributed by atoms with Gasteiger partial charge in [-0.3, -0.25) is 9.36 Å². The predicted molar refractivity (Wildman–Crippen MR) is 107 cm³/mol. The van der Waals surface area contributed by atoms with Crippen molar-refractivity contribution in [3.05, 3.63) is 66.9 Å². The van der Waals surface area contributed by atoms with E-state index >= 15 is 0 Å². The maximum Gasteiger partial charge on any atom is 0.298 e. The number of benzene rings is 2. The topological polar surface area (TPSA) is 73.1 Å². The van der Waals surface area contributed by atoms with Gasteiger partial charge in [0.2, 0.25) is 5.91 Å². The quantitative estimate of drug-likeness (QED) is 0.537. The van der Waals surface area contributed by atoms with Crippen molar-refractivity contribution >= 4 is 22.8 Å². The molecule has 2 aromatic carbocycles. The predicted octanol–water partition coefficient (Wildman–Crippen LogP) is 3.16. The molecular formula is C21H19N5O2. The summed E-state index contributed by atoms with van der Waals surface area (Å²) in [6.07, 6.45) is 1.65. The molecule has 0 aliphatic rings. The fraction of sp³-hybridized carbons (Fsp3) is 0.143. The van der Waals surface area contributed by atoms with Gasteiger partial charge in [-0.25, -0.2) is 9.97 Å². The number of ether oxygens (including phenoxy) is 1. The van der Waals surface area contributed by atoms with Crippen LogP contribution < -0.4 is 9.64 Å². The van der Waals surface area contributed by atoms with Crippen molar-refractivity contribution < 1.29 is 9.53 Å². The van der Waals surface area contributed by atoms with E-state index < -0.39 is 0 Å². The van der Waals surface area contributed by atoms with E-state index in [1.54, 1.807) is 22.7 Å². The molecule has 4 aromatic rings. The minimum atomic E-state index is -0.108. The Bertz CT molecular complexity index is 1110. The van der Waals surface area contributed by atoms with Crippen molar-refractivity contribution in [1.29, 1.82) is 0 Å². The summed E-state index contributed by atoms with van der Waals surface area (Å²) >= 11 is 0. The van der Waals surface area contributed by atoms with Crippen molar-refractivity contribution in [1.82, 2.24) is 19.5 Å². The van der Waals surface area contributed by atoms with E-state index in [2.05, 4.69) is 15.0 Å². The fourth-order valence-corrected chi connectivity index (χ4v) is 2.96. The Morgan fingerprint density at radius 1 is 1.04 bits per heavy atom. The lowest BCUT2D eigenvalue weighted by atomic mass is 10.2. The molecule has 2 aromatic heterocycles. The zero-order chi connectivity index (χ0) is 19.5. The zero-order valence-corrected chi connectivity index (χ0v) is 15.6. The first kappa shape index (κ1) is 17.7. The van der Waals surface area contributed by atoms with Crippen LogP contribution in [0.4, 0.5) is 5.69 Å². The highest BCUT2D eigenvalue weighted by molar-refractivity contribution is 5.93. The lowest BCUT2D eigenvalue weighted by Gasteiger charge is -2.18. The number of hydrogen-bond donors (Lipinski definition) is 0. The largest absolute Gasteiger partial charge is 0.468 e. The lowest BCUT2D eigenvalue weighted by Crippen LogP contribution is -2.30. The molecule has 0 unspecified atom stereocenters. The number of amides is 1. The van der Waals surface area contributed by atoms with Crippen LogP contribution in [0.25, 0.3) is 22.6 Å². The third kappa shape index (κ3) is 3.29. The monoisotopic (exact) mass is 373 g/mol. The van der Waals surface area contributed by atoms with Gasteiger partial charge in [0.15, 0.2) is 11.5 Å². The maximum atomic E-state index is 12.9. The second-order valence-electron chi connectivity index (χ2n) is 6.24. The Labute approximate surface area is 162 Å². The first-order valence-electron chi connectivity index (χ1n) is 8.81. The number of likely N-dealkylation sites (N-methyl/N-ethyl adjacent to an activating group) is 1. The van der Waals surface area contributed by atoms with Crippen molar-refractivity contribution in [2.45, 2.75) is 6.54 Å². The van der Waals surface area contributed by atoms with Gasteiger partial charge in [0.25, 0.3) is 6.01 Å². The molecule has 7 heteroatoms. The summed E-state index contributed by atoms with van der Waals surface area (Å²) in [5.74, 6) is 0.462. The number of hydrogen-bond acceptors (Lipinski definition) is 5. The van der Waals surface area contributed by atoms with Gasteiger partial charge in [-0.05, 0) is 12.1 Å². The molecule has 0 saturated carbocycles. The molecule has 0 bridgehead atoms. The third-order valence-corrected chi connectivity index (χ3v) is 4.48. The molecule has 28 heavy (non-hydrogen) atoms. The van der Waals surface area contributed by atoms with Gasteiger partial charge in [0, 0.05) is 18.3 Å². The molecule has 0 fully saturated rings. The van der Waals surface area contributed by atoms with Crippen molar-refractivity contribution in [3.63, 3.8) is 0 Å². The molecule has 2 heterocycles. The number of carbonyl (C=O) groups is 1. The number of imidazole rings is 1. The Kier molecular flexibility index (Phi) is 4.72. The number of anilines is 1. The summed E-state index contributed by atoms with van der Waals surface area (Å²) in [6, 6.07) is 19.5. The van der Waals surface area contributed by atoms with Crippen LogP contribution in [0, 0.1) is 0 Å². The first-order chi connectivity index (χ1) is 13.7. The maximum absolute atomic E-state index is 12.9. The van der Waals surface area contributed by atoms with Gasteiger partial charge in [-0.1, -0.05) is 48.5 Å². The van der Waals surface area contributed by atoms with E-state index in [0.29, 0.717) is 23.0 Å². The van der Waals surface area contributed by atoms with Gasteiger partial charge >= 0.3 is 0 Å². The molecule has 0 atom stereocenters. The third-order valence-electron chi connectivity index (χ3n) is 4.48. The smallest absolute Gasteiger partial charge is 0.298 e. The Hall–Kier alpha value is -3.74. The molecule has 0 radical (unpaired) electrons. The normalized spacial score (nSPS) is 10.8. The van der Waals surface area contributed by atoms with Gasteiger partial charge in [0.1, 0.15) is 12.1 Å². The van der Waals surface area contributed by atoms with E-state index in [-0.39, 0.29) is 12.5 Å². The van der Waals surface area contributed by atoms with Crippen LogP contribution in [0.5, 0.6) is 6.01 Å². The van der Waals surface area contributed by atoms with E-state index in [9.17, 15) is 4.79 Å². The average molecular weight is 373 g/mol. The summed E-state index contributed by atoms with van der Waals surface area (Å²) in [5.41, 5.74) is 2.84. The number of fused-ring (bicyclic) bond motifs is 1. The second-order valence-corrected chi connectivity index (χ2v) is 6.24. The van der Waals surface area contributed by atoms with E-state index in [4.69, 9.17) is 4.74 Å². The van der Waals surface area contributed by atoms with Crippen LogP contribution in [-0.2, 0) is 11.3 Å². The minimum absolute atomic E-state index is 0.0519. The van der Waals surface area contributed by atoms with Crippen molar-refractivity contribution in [2.24, 2.45) is 0 Å². The number of carbonyl (C=O) groups excluding carboxylic acids is 1. The summed E-state index contributed by atoms with van der Waals surface area (Å²) in [4.78, 5) is 27.9. The number of aromatic nitrogens is 4. The Morgan fingerprint density at radius 3 is 2.39 bits per heavy atom. The molecule has 0 spiro atoms. The summed E-state index contributed by atoms with van der Waals surface area (Å²) in [6.45, 7) is 0.0519. The van der Waals surface area contributed by atoms with E-state index in [1.807, 2.05) is 60.7 Å².